The fourth-order valence-electron chi connectivity index (χ4n) is 1.33. The van der Waals surface area contributed by atoms with Gasteiger partial charge in [0.05, 0.1) is 11.6 Å². The molecular formula is C11H9ClN2O3S. The first-order valence-corrected chi connectivity index (χ1v) is 6.25. The molecule has 94 valence electrons. The van der Waals surface area contributed by atoms with E-state index in [4.69, 9.17) is 11.6 Å². The minimum absolute atomic E-state index is 0.0737. The molecule has 1 amide bonds. The minimum atomic E-state index is -0.330. The van der Waals surface area contributed by atoms with Crippen molar-refractivity contribution in [1.82, 2.24) is 10.3 Å². The number of phenolic OH excluding ortho intramolecular Hbond substituents is 1. The Hall–Kier alpha value is -1.79. The van der Waals surface area contributed by atoms with Crippen LogP contribution in [-0.2, 0) is 6.54 Å². The normalized spacial score (nSPS) is 10.3. The maximum atomic E-state index is 11.7. The number of amides is 1. The Balaban J connectivity index is 2.03. The number of hydrogen-bond acceptors (Lipinski definition) is 4. The third kappa shape index (κ3) is 2.91. The molecule has 2 rings (SSSR count). The second-order valence-corrected chi connectivity index (χ2v) is 4.77. The number of carbonyl (C=O) groups is 1. The minimum Gasteiger partial charge on any atom is -0.506 e. The van der Waals surface area contributed by atoms with Gasteiger partial charge >= 0.3 is 4.87 Å². The molecule has 1 aromatic carbocycles. The van der Waals surface area contributed by atoms with Crippen molar-refractivity contribution in [3.05, 3.63) is 49.5 Å². The van der Waals surface area contributed by atoms with Gasteiger partial charge < -0.3 is 15.4 Å². The molecule has 0 unspecified atom stereocenters. The molecule has 1 heterocycles. The van der Waals surface area contributed by atoms with E-state index < -0.39 is 0 Å². The van der Waals surface area contributed by atoms with Gasteiger partial charge in [0.1, 0.15) is 5.75 Å². The van der Waals surface area contributed by atoms with Gasteiger partial charge in [0.15, 0.2) is 0 Å². The fourth-order valence-corrected chi connectivity index (χ4v) is 2.09. The number of H-pyrrole nitrogens is 1. The van der Waals surface area contributed by atoms with Crippen LogP contribution in [0.3, 0.4) is 0 Å². The standard InChI is InChI=1S/C11H9ClN2O3S/c12-8-3-6(1-2-9(8)15)10(16)13-4-7-5-18-11(17)14-7/h1-3,5,15H,4H2,(H,13,16)(H,14,17). The topological polar surface area (TPSA) is 82.2 Å². The molecule has 3 N–H and O–H groups in total. The molecule has 5 nitrogen and oxygen atoms in total. The first-order chi connectivity index (χ1) is 8.56. The van der Waals surface area contributed by atoms with Crippen molar-refractivity contribution in [2.24, 2.45) is 0 Å². The number of carbonyl (C=O) groups excluding carboxylic acids is 1. The van der Waals surface area contributed by atoms with E-state index >= 15 is 0 Å². The number of phenols is 1. The van der Waals surface area contributed by atoms with Crippen LogP contribution in [0.4, 0.5) is 0 Å². The molecule has 0 aliphatic carbocycles. The van der Waals surface area contributed by atoms with Gasteiger partial charge in [-0.3, -0.25) is 9.59 Å². The first-order valence-electron chi connectivity index (χ1n) is 4.99. The van der Waals surface area contributed by atoms with E-state index in [9.17, 15) is 14.7 Å². The van der Waals surface area contributed by atoms with E-state index in [2.05, 4.69) is 10.3 Å². The van der Waals surface area contributed by atoms with Gasteiger partial charge in [-0.1, -0.05) is 22.9 Å². The monoisotopic (exact) mass is 284 g/mol. The number of benzene rings is 1. The average Bonchev–Trinajstić information content (AvgIpc) is 2.75. The quantitative estimate of drug-likeness (QED) is 0.803. The predicted molar refractivity (Wildman–Crippen MR) is 69.2 cm³/mol. The van der Waals surface area contributed by atoms with Gasteiger partial charge in [0.25, 0.3) is 5.91 Å². The molecule has 0 saturated heterocycles. The number of aromatic hydroxyl groups is 1. The number of aromatic amines is 1. The van der Waals surface area contributed by atoms with E-state index in [0.717, 1.165) is 11.3 Å². The highest BCUT2D eigenvalue weighted by atomic mass is 35.5. The number of aromatic nitrogens is 1. The lowest BCUT2D eigenvalue weighted by Gasteiger charge is -2.04. The molecule has 0 radical (unpaired) electrons. The van der Waals surface area contributed by atoms with Crippen molar-refractivity contribution in [1.29, 1.82) is 0 Å². The number of hydrogen-bond donors (Lipinski definition) is 3. The maximum absolute atomic E-state index is 11.7. The molecule has 1 aromatic heterocycles. The van der Waals surface area contributed by atoms with E-state index in [1.807, 2.05) is 0 Å². The molecule has 0 spiro atoms. The highest BCUT2D eigenvalue weighted by molar-refractivity contribution is 7.07. The van der Waals surface area contributed by atoms with Crippen molar-refractivity contribution < 1.29 is 9.90 Å². The van der Waals surface area contributed by atoms with Crippen molar-refractivity contribution >= 4 is 28.8 Å². The highest BCUT2D eigenvalue weighted by Gasteiger charge is 2.08. The predicted octanol–water partition coefficient (Wildman–Crippen LogP) is 1.73. The van der Waals surface area contributed by atoms with Crippen LogP contribution in [0, 0.1) is 0 Å². The molecule has 2 aromatic rings. The zero-order valence-corrected chi connectivity index (χ0v) is 10.6. The maximum Gasteiger partial charge on any atom is 0.304 e. The summed E-state index contributed by atoms with van der Waals surface area (Å²) in [5.74, 6) is -0.403. The second-order valence-electron chi connectivity index (χ2n) is 3.52. The van der Waals surface area contributed by atoms with Crippen molar-refractivity contribution in [2.75, 3.05) is 0 Å². The molecule has 7 heteroatoms. The Labute approximate surface area is 111 Å². The molecule has 0 atom stereocenters. The summed E-state index contributed by atoms with van der Waals surface area (Å²) in [5.41, 5.74) is 0.985. The zero-order chi connectivity index (χ0) is 13.1. The summed E-state index contributed by atoms with van der Waals surface area (Å²) in [6, 6.07) is 4.19. The van der Waals surface area contributed by atoms with Crippen molar-refractivity contribution in [2.45, 2.75) is 6.54 Å². The Morgan fingerprint density at radius 1 is 1.50 bits per heavy atom. The molecule has 0 saturated carbocycles. The number of rotatable bonds is 3. The number of thiazole rings is 1. The summed E-state index contributed by atoms with van der Waals surface area (Å²) in [6.45, 7) is 0.232. The van der Waals surface area contributed by atoms with Crippen LogP contribution in [0.1, 0.15) is 16.1 Å². The van der Waals surface area contributed by atoms with E-state index in [0.29, 0.717) is 11.3 Å². The molecule has 0 bridgehead atoms. The van der Waals surface area contributed by atoms with Gasteiger partial charge in [-0.25, -0.2) is 0 Å². The molecule has 0 aliphatic rings. The molecule has 18 heavy (non-hydrogen) atoms. The lowest BCUT2D eigenvalue weighted by Crippen LogP contribution is -2.23. The van der Waals surface area contributed by atoms with Gasteiger partial charge in [-0.05, 0) is 18.2 Å². The van der Waals surface area contributed by atoms with Gasteiger partial charge in [-0.15, -0.1) is 0 Å². The average molecular weight is 285 g/mol. The van der Waals surface area contributed by atoms with Crippen molar-refractivity contribution in [3.8, 4) is 5.75 Å². The summed E-state index contributed by atoms with van der Waals surface area (Å²) >= 11 is 6.74. The van der Waals surface area contributed by atoms with Crippen LogP contribution in [0.25, 0.3) is 0 Å². The molecule has 0 fully saturated rings. The molecular weight excluding hydrogens is 276 g/mol. The summed E-state index contributed by atoms with van der Waals surface area (Å²) in [5, 5.41) is 13.6. The van der Waals surface area contributed by atoms with Crippen LogP contribution >= 0.6 is 22.9 Å². The highest BCUT2D eigenvalue weighted by Crippen LogP contribution is 2.23. The van der Waals surface area contributed by atoms with Crippen LogP contribution in [0.15, 0.2) is 28.4 Å². The Bertz CT molecular complexity index is 635. The Morgan fingerprint density at radius 2 is 2.28 bits per heavy atom. The molecule has 0 aliphatic heterocycles. The van der Waals surface area contributed by atoms with E-state index in [-0.39, 0.29) is 28.1 Å². The van der Waals surface area contributed by atoms with Crippen LogP contribution < -0.4 is 10.2 Å². The summed E-state index contributed by atoms with van der Waals surface area (Å²) in [6.07, 6.45) is 0. The van der Waals surface area contributed by atoms with Crippen LogP contribution in [-0.4, -0.2) is 16.0 Å². The third-order valence-corrected chi connectivity index (χ3v) is 3.24. The van der Waals surface area contributed by atoms with Crippen molar-refractivity contribution in [3.63, 3.8) is 0 Å². The Morgan fingerprint density at radius 3 is 2.89 bits per heavy atom. The lowest BCUT2D eigenvalue weighted by atomic mass is 10.2. The van der Waals surface area contributed by atoms with Gasteiger partial charge in [-0.2, -0.15) is 0 Å². The lowest BCUT2D eigenvalue weighted by molar-refractivity contribution is 0.0950. The van der Waals surface area contributed by atoms with Crippen LogP contribution in [0.2, 0.25) is 5.02 Å². The largest absolute Gasteiger partial charge is 0.506 e. The second kappa shape index (κ2) is 5.24. The number of halogens is 1. The smallest absolute Gasteiger partial charge is 0.304 e. The first kappa shape index (κ1) is 12.7. The van der Waals surface area contributed by atoms with Gasteiger partial charge in [0, 0.05) is 16.6 Å². The summed E-state index contributed by atoms with van der Waals surface area (Å²) in [4.78, 5) is 25.1. The summed E-state index contributed by atoms with van der Waals surface area (Å²) < 4.78 is 0. The Kier molecular flexibility index (Phi) is 3.69. The van der Waals surface area contributed by atoms with E-state index in [1.165, 1.54) is 18.2 Å². The number of nitrogens with one attached hydrogen (secondary N) is 2. The summed E-state index contributed by atoms with van der Waals surface area (Å²) in [7, 11) is 0. The third-order valence-electron chi connectivity index (χ3n) is 2.22. The zero-order valence-electron chi connectivity index (χ0n) is 9.07. The van der Waals surface area contributed by atoms with Crippen LogP contribution in [0.5, 0.6) is 5.75 Å². The van der Waals surface area contributed by atoms with Gasteiger partial charge in [0.2, 0.25) is 0 Å². The van der Waals surface area contributed by atoms with E-state index in [1.54, 1.807) is 5.38 Å². The SMILES string of the molecule is O=C(NCc1csc(=O)[nH]1)c1ccc(O)c(Cl)c1. The fraction of sp³-hybridized carbons (Fsp3) is 0.0909.